The smallest absolute Gasteiger partial charge is 0.262 e. The summed E-state index contributed by atoms with van der Waals surface area (Å²) in [5.74, 6) is 7.62. The summed E-state index contributed by atoms with van der Waals surface area (Å²) in [6.45, 7) is 1.24. The molecule has 174 valence electrons. The predicted octanol–water partition coefficient (Wildman–Crippen LogP) is 3.11. The van der Waals surface area contributed by atoms with Crippen LogP contribution in [0.15, 0.2) is 23.2 Å². The maximum atomic E-state index is 14.3. The zero-order chi connectivity index (χ0) is 22.6. The van der Waals surface area contributed by atoms with E-state index in [1.807, 2.05) is 0 Å². The summed E-state index contributed by atoms with van der Waals surface area (Å²) in [4.78, 5) is 21.1. The lowest BCUT2D eigenvalue weighted by molar-refractivity contribution is -0.139. The van der Waals surface area contributed by atoms with Crippen LogP contribution in [0, 0.1) is 23.2 Å². The van der Waals surface area contributed by atoms with Crippen LogP contribution in [0.4, 0.5) is 0 Å². The van der Waals surface area contributed by atoms with Gasteiger partial charge in [-0.05, 0) is 81.0 Å². The summed E-state index contributed by atoms with van der Waals surface area (Å²) in [6, 6.07) is 6.41. The largest absolute Gasteiger partial charge is 0.381 e. The molecule has 0 radical (unpaired) electrons. The molecule has 3 fully saturated rings. The number of hydrogen-bond acceptors (Lipinski definition) is 5. The molecule has 3 aliphatic carbocycles. The molecule has 0 unspecified atom stereocenters. The van der Waals surface area contributed by atoms with Gasteiger partial charge in [-0.3, -0.25) is 9.69 Å². The summed E-state index contributed by atoms with van der Waals surface area (Å²) in [5.41, 5.74) is 8.48. The highest BCUT2D eigenvalue weighted by atomic mass is 16.5. The van der Waals surface area contributed by atoms with Crippen LogP contribution in [-0.2, 0) is 26.2 Å². The number of methoxy groups -OCH3 is 1. The molecular formula is C27H33N3O3. The van der Waals surface area contributed by atoms with E-state index in [4.69, 9.17) is 20.2 Å². The molecule has 6 heteroatoms. The number of guanidine groups is 1. The third-order valence-electron chi connectivity index (χ3n) is 8.54. The van der Waals surface area contributed by atoms with E-state index in [-0.39, 0.29) is 23.5 Å². The third kappa shape index (κ3) is 3.32. The molecule has 2 N–H and O–H groups in total. The Bertz CT molecular complexity index is 1050. The second-order valence-corrected chi connectivity index (χ2v) is 10.5. The molecule has 1 aromatic carbocycles. The van der Waals surface area contributed by atoms with Crippen molar-refractivity contribution in [1.82, 2.24) is 4.90 Å². The van der Waals surface area contributed by atoms with Gasteiger partial charge in [-0.25, -0.2) is 4.99 Å². The van der Waals surface area contributed by atoms with Crippen molar-refractivity contribution in [3.05, 3.63) is 34.9 Å². The van der Waals surface area contributed by atoms with Crippen molar-refractivity contribution in [3.8, 4) is 11.8 Å². The standard InChI is InChI=1S/C27H33N3O3/c1-32-21-10-12-26(13-11-21)16-20-9-8-19(7-6-18-4-5-18)15-23(20)27(26)24(31)30(25(28)29-27)17-22-3-2-14-33-22/h8-9,15,18,21-22H,2-5,10-14,16-17H2,1H3,(H2,28,29)/t21?,22-,26?,27-/m0/s1. The highest BCUT2D eigenvalue weighted by molar-refractivity contribution is 6.08. The lowest BCUT2D eigenvalue weighted by Crippen LogP contribution is -2.53. The zero-order valence-electron chi connectivity index (χ0n) is 19.4. The van der Waals surface area contributed by atoms with Gasteiger partial charge in [0.05, 0.1) is 18.8 Å². The average molecular weight is 448 g/mol. The minimum Gasteiger partial charge on any atom is -0.381 e. The summed E-state index contributed by atoms with van der Waals surface area (Å²) in [5, 5.41) is 0. The minimum absolute atomic E-state index is 0.0254. The normalized spacial score (nSPS) is 35.1. The van der Waals surface area contributed by atoms with Crippen LogP contribution in [0.5, 0.6) is 0 Å². The molecule has 0 bridgehead atoms. The van der Waals surface area contributed by atoms with Gasteiger partial charge < -0.3 is 15.2 Å². The summed E-state index contributed by atoms with van der Waals surface area (Å²) < 4.78 is 11.5. The molecule has 2 saturated carbocycles. The highest BCUT2D eigenvalue weighted by Gasteiger charge is 2.66. The monoisotopic (exact) mass is 447 g/mol. The fourth-order valence-electron chi connectivity index (χ4n) is 6.52. The molecule has 33 heavy (non-hydrogen) atoms. The molecule has 0 aromatic heterocycles. The molecule has 1 amide bonds. The van der Waals surface area contributed by atoms with E-state index in [0.717, 1.165) is 62.7 Å². The second-order valence-electron chi connectivity index (χ2n) is 10.5. The van der Waals surface area contributed by atoms with Gasteiger partial charge in [-0.2, -0.15) is 0 Å². The Morgan fingerprint density at radius 2 is 2.06 bits per heavy atom. The zero-order valence-corrected chi connectivity index (χ0v) is 19.4. The number of fused-ring (bicyclic) bond motifs is 3. The summed E-state index contributed by atoms with van der Waals surface area (Å²) in [7, 11) is 1.78. The molecule has 2 spiro atoms. The van der Waals surface area contributed by atoms with Crippen LogP contribution in [0.3, 0.4) is 0 Å². The number of benzene rings is 1. The van der Waals surface area contributed by atoms with Crippen LogP contribution < -0.4 is 5.73 Å². The first-order chi connectivity index (χ1) is 16.0. The fourth-order valence-corrected chi connectivity index (χ4v) is 6.52. The molecule has 6 rings (SSSR count). The molecular weight excluding hydrogens is 414 g/mol. The second kappa shape index (κ2) is 7.85. The maximum absolute atomic E-state index is 14.3. The van der Waals surface area contributed by atoms with E-state index >= 15 is 0 Å². The van der Waals surface area contributed by atoms with Crippen molar-refractivity contribution in [2.75, 3.05) is 20.3 Å². The molecule has 1 saturated heterocycles. The van der Waals surface area contributed by atoms with Crippen LogP contribution in [0.25, 0.3) is 0 Å². The summed E-state index contributed by atoms with van der Waals surface area (Å²) >= 11 is 0. The Hall–Kier alpha value is -2.36. The van der Waals surface area contributed by atoms with Crippen molar-refractivity contribution in [3.63, 3.8) is 0 Å². The van der Waals surface area contributed by atoms with Crippen LogP contribution in [0.1, 0.15) is 68.1 Å². The Labute approximate surface area is 195 Å². The first-order valence-electron chi connectivity index (χ1n) is 12.5. The van der Waals surface area contributed by atoms with Crippen molar-refractivity contribution in [1.29, 1.82) is 0 Å². The molecule has 2 heterocycles. The lowest BCUT2D eigenvalue weighted by atomic mass is 9.61. The van der Waals surface area contributed by atoms with Crippen molar-refractivity contribution < 1.29 is 14.3 Å². The number of carbonyl (C=O) groups is 1. The summed E-state index contributed by atoms with van der Waals surface area (Å²) in [6.07, 6.45) is 9.21. The topological polar surface area (TPSA) is 77.2 Å². The SMILES string of the molecule is COC1CCC2(CC1)Cc1ccc(C#CC3CC3)cc1[C@@]21N=C(N)N(C[C@@H]2CCCO2)C1=O. The average Bonchev–Trinajstić information content (AvgIpc) is 3.36. The van der Waals surface area contributed by atoms with Crippen LogP contribution in [-0.4, -0.2) is 49.2 Å². The third-order valence-corrected chi connectivity index (χ3v) is 8.54. The van der Waals surface area contributed by atoms with Crippen molar-refractivity contribution in [2.24, 2.45) is 22.1 Å². The van der Waals surface area contributed by atoms with Crippen molar-refractivity contribution >= 4 is 11.9 Å². The van der Waals surface area contributed by atoms with Gasteiger partial charge in [0.2, 0.25) is 0 Å². The van der Waals surface area contributed by atoms with Gasteiger partial charge in [0.15, 0.2) is 11.5 Å². The highest BCUT2D eigenvalue weighted by Crippen LogP contribution is 2.62. The van der Waals surface area contributed by atoms with Gasteiger partial charge in [-0.15, -0.1) is 0 Å². The van der Waals surface area contributed by atoms with E-state index in [1.165, 1.54) is 18.4 Å². The maximum Gasteiger partial charge on any atom is 0.262 e. The first kappa shape index (κ1) is 21.2. The number of rotatable bonds is 3. The number of aliphatic imine (C=N–C) groups is 1. The minimum atomic E-state index is -0.957. The Morgan fingerprint density at radius 3 is 2.76 bits per heavy atom. The van der Waals surface area contributed by atoms with E-state index in [2.05, 4.69) is 30.0 Å². The van der Waals surface area contributed by atoms with E-state index in [1.54, 1.807) is 12.0 Å². The molecule has 5 aliphatic rings. The number of ether oxygens (including phenoxy) is 2. The number of nitrogens with two attached hydrogens (primary N) is 1. The molecule has 6 nitrogen and oxygen atoms in total. The van der Waals surface area contributed by atoms with Gasteiger partial charge >= 0.3 is 0 Å². The Balaban J connectivity index is 1.42. The number of nitrogens with zero attached hydrogens (tertiary/aromatic N) is 2. The van der Waals surface area contributed by atoms with E-state index in [9.17, 15) is 4.79 Å². The van der Waals surface area contributed by atoms with Gasteiger partial charge in [-0.1, -0.05) is 17.9 Å². The van der Waals surface area contributed by atoms with Crippen molar-refractivity contribution in [2.45, 2.75) is 75.5 Å². The molecule has 2 atom stereocenters. The van der Waals surface area contributed by atoms with Crippen LogP contribution >= 0.6 is 0 Å². The van der Waals surface area contributed by atoms with Gasteiger partial charge in [0.1, 0.15) is 0 Å². The predicted molar refractivity (Wildman–Crippen MR) is 125 cm³/mol. The number of hydrogen-bond donors (Lipinski definition) is 1. The van der Waals surface area contributed by atoms with Gasteiger partial charge in [0, 0.05) is 30.6 Å². The number of amides is 1. The molecule has 1 aromatic rings. The van der Waals surface area contributed by atoms with Gasteiger partial charge in [0.25, 0.3) is 5.91 Å². The Morgan fingerprint density at radius 1 is 1.24 bits per heavy atom. The lowest BCUT2D eigenvalue weighted by Gasteiger charge is -2.45. The van der Waals surface area contributed by atoms with E-state index in [0.29, 0.717) is 18.4 Å². The first-order valence-corrected chi connectivity index (χ1v) is 12.5. The Kier molecular flexibility index (Phi) is 5.04. The number of carbonyl (C=O) groups excluding carboxylic acids is 1. The van der Waals surface area contributed by atoms with Crippen LogP contribution in [0.2, 0.25) is 0 Å². The van der Waals surface area contributed by atoms with E-state index < -0.39 is 5.54 Å². The molecule has 2 aliphatic heterocycles. The fraction of sp³-hybridized carbons (Fsp3) is 0.630. The quantitative estimate of drug-likeness (QED) is 0.723.